The molecule has 7 N–H and O–H groups in total. The monoisotopic (exact) mass is 328 g/mol. The van der Waals surface area contributed by atoms with Gasteiger partial charge in [-0.2, -0.15) is 0 Å². The molecule has 0 aromatic rings. The van der Waals surface area contributed by atoms with Crippen molar-refractivity contribution in [3.8, 4) is 0 Å². The van der Waals surface area contributed by atoms with E-state index in [-0.39, 0.29) is 12.0 Å². The van der Waals surface area contributed by atoms with Crippen molar-refractivity contribution in [2.24, 2.45) is 5.73 Å². The summed E-state index contributed by atoms with van der Waals surface area (Å²) in [6.45, 7) is 3.79. The minimum atomic E-state index is -1.23. The summed E-state index contributed by atoms with van der Waals surface area (Å²) in [4.78, 5) is 34.7. The molecule has 0 radical (unpaired) electrons. The summed E-state index contributed by atoms with van der Waals surface area (Å²) in [5, 5.41) is 27.3. The zero-order chi connectivity index (χ0) is 17.6. The van der Waals surface area contributed by atoms with Crippen LogP contribution in [0.4, 0.5) is 4.79 Å². The zero-order valence-electron chi connectivity index (χ0n) is 13.2. The van der Waals surface area contributed by atoms with Crippen LogP contribution in [0.2, 0.25) is 0 Å². The van der Waals surface area contributed by atoms with Crippen molar-refractivity contribution in [1.29, 1.82) is 0 Å². The molecule has 0 fully saturated rings. The average Bonchev–Trinajstić information content (AvgIpc) is 2.49. The molecular formula is C14H24N4O5. The van der Waals surface area contributed by atoms with Gasteiger partial charge in [-0.1, -0.05) is 13.0 Å². The summed E-state index contributed by atoms with van der Waals surface area (Å²) in [5.74, 6) is -1.27. The Bertz CT molecular complexity index is 494. The predicted molar refractivity (Wildman–Crippen MR) is 82.1 cm³/mol. The fourth-order valence-corrected chi connectivity index (χ4v) is 2.07. The summed E-state index contributed by atoms with van der Waals surface area (Å²) < 4.78 is 0. The lowest BCUT2D eigenvalue weighted by molar-refractivity contribution is -0.125. The van der Waals surface area contributed by atoms with Crippen LogP contribution >= 0.6 is 0 Å². The fraction of sp³-hybridized carbons (Fsp3) is 0.643. The Hall–Kier alpha value is -2.13. The number of aliphatic hydroxyl groups excluding tert-OH is 2. The van der Waals surface area contributed by atoms with E-state index in [9.17, 15) is 24.6 Å². The SMILES string of the molecule is CCCNC(=O)N[C@@H]1C=C(C(=O)N[C@H](C)C(N)=O)C[C@@H](O)[C@@H]1O. The van der Waals surface area contributed by atoms with E-state index < -0.39 is 42.1 Å². The molecule has 0 heterocycles. The summed E-state index contributed by atoms with van der Waals surface area (Å²) in [6, 6.07) is -2.29. The molecule has 1 rings (SSSR count). The lowest BCUT2D eigenvalue weighted by atomic mass is 9.90. The van der Waals surface area contributed by atoms with Crippen molar-refractivity contribution in [3.63, 3.8) is 0 Å². The third-order valence-electron chi connectivity index (χ3n) is 3.47. The van der Waals surface area contributed by atoms with E-state index in [0.29, 0.717) is 6.54 Å². The van der Waals surface area contributed by atoms with Gasteiger partial charge in [-0.15, -0.1) is 0 Å². The highest BCUT2D eigenvalue weighted by Crippen LogP contribution is 2.20. The van der Waals surface area contributed by atoms with Crippen LogP contribution in [0.15, 0.2) is 11.6 Å². The molecule has 0 saturated carbocycles. The summed E-state index contributed by atoms with van der Waals surface area (Å²) in [7, 11) is 0. The molecule has 0 spiro atoms. The quantitative estimate of drug-likeness (QED) is 0.336. The highest BCUT2D eigenvalue weighted by atomic mass is 16.3. The van der Waals surface area contributed by atoms with E-state index >= 15 is 0 Å². The molecular weight excluding hydrogens is 304 g/mol. The number of nitrogens with two attached hydrogens (primary N) is 1. The van der Waals surface area contributed by atoms with Gasteiger partial charge in [-0.3, -0.25) is 9.59 Å². The Kier molecular flexibility index (Phi) is 6.98. The van der Waals surface area contributed by atoms with Crippen LogP contribution in [0.3, 0.4) is 0 Å². The number of primary amides is 1. The maximum absolute atomic E-state index is 12.1. The van der Waals surface area contributed by atoms with E-state index in [1.54, 1.807) is 0 Å². The highest BCUT2D eigenvalue weighted by Gasteiger charge is 2.34. The topological polar surface area (TPSA) is 154 Å². The van der Waals surface area contributed by atoms with Gasteiger partial charge in [-0.25, -0.2) is 4.79 Å². The van der Waals surface area contributed by atoms with Crippen molar-refractivity contribution < 1.29 is 24.6 Å². The van der Waals surface area contributed by atoms with Crippen LogP contribution in [-0.2, 0) is 9.59 Å². The van der Waals surface area contributed by atoms with Gasteiger partial charge in [0.05, 0.1) is 12.1 Å². The first kappa shape index (κ1) is 18.9. The van der Waals surface area contributed by atoms with Gasteiger partial charge in [0, 0.05) is 18.5 Å². The van der Waals surface area contributed by atoms with Gasteiger partial charge >= 0.3 is 6.03 Å². The second-order valence-corrected chi connectivity index (χ2v) is 5.48. The number of amides is 4. The van der Waals surface area contributed by atoms with Crippen molar-refractivity contribution in [2.75, 3.05) is 6.54 Å². The van der Waals surface area contributed by atoms with Crippen LogP contribution in [0.25, 0.3) is 0 Å². The number of nitrogens with one attached hydrogen (secondary N) is 3. The highest BCUT2D eigenvalue weighted by molar-refractivity contribution is 5.97. The van der Waals surface area contributed by atoms with Crippen LogP contribution < -0.4 is 21.7 Å². The Balaban J connectivity index is 2.78. The van der Waals surface area contributed by atoms with Crippen molar-refractivity contribution in [1.82, 2.24) is 16.0 Å². The fourth-order valence-electron chi connectivity index (χ4n) is 2.07. The lowest BCUT2D eigenvalue weighted by Gasteiger charge is -2.31. The van der Waals surface area contributed by atoms with Crippen molar-refractivity contribution in [3.05, 3.63) is 11.6 Å². The number of carbonyl (C=O) groups excluding carboxylic acids is 3. The molecule has 0 aliphatic heterocycles. The molecule has 130 valence electrons. The number of carbonyl (C=O) groups is 3. The van der Waals surface area contributed by atoms with Gasteiger partial charge in [0.15, 0.2) is 0 Å². The average molecular weight is 328 g/mol. The largest absolute Gasteiger partial charge is 0.390 e. The summed E-state index contributed by atoms with van der Waals surface area (Å²) in [6.07, 6.45) is -0.412. The maximum Gasteiger partial charge on any atom is 0.315 e. The number of urea groups is 1. The van der Waals surface area contributed by atoms with E-state index in [2.05, 4.69) is 16.0 Å². The molecule has 4 atom stereocenters. The molecule has 0 bridgehead atoms. The van der Waals surface area contributed by atoms with Crippen LogP contribution in [0.1, 0.15) is 26.7 Å². The molecule has 0 aromatic carbocycles. The second-order valence-electron chi connectivity index (χ2n) is 5.48. The molecule has 9 nitrogen and oxygen atoms in total. The number of hydrogen-bond acceptors (Lipinski definition) is 5. The number of rotatable bonds is 6. The Morgan fingerprint density at radius 1 is 1.39 bits per heavy atom. The van der Waals surface area contributed by atoms with Gasteiger partial charge < -0.3 is 31.9 Å². The van der Waals surface area contributed by atoms with Gasteiger partial charge in [0.1, 0.15) is 12.1 Å². The van der Waals surface area contributed by atoms with Crippen LogP contribution in [-0.4, -0.2) is 58.9 Å². The second kappa shape index (κ2) is 8.49. The lowest BCUT2D eigenvalue weighted by Crippen LogP contribution is -2.53. The molecule has 0 aromatic heterocycles. The molecule has 0 unspecified atom stereocenters. The van der Waals surface area contributed by atoms with Crippen LogP contribution in [0.5, 0.6) is 0 Å². The normalized spacial score (nSPS) is 25.0. The van der Waals surface area contributed by atoms with Crippen molar-refractivity contribution >= 4 is 17.8 Å². The smallest absolute Gasteiger partial charge is 0.315 e. The molecule has 1 aliphatic rings. The van der Waals surface area contributed by atoms with E-state index in [1.165, 1.54) is 13.0 Å². The van der Waals surface area contributed by atoms with E-state index in [0.717, 1.165) is 6.42 Å². The first-order valence-corrected chi connectivity index (χ1v) is 7.47. The van der Waals surface area contributed by atoms with Crippen LogP contribution in [0, 0.1) is 0 Å². The zero-order valence-corrected chi connectivity index (χ0v) is 13.2. The molecule has 1 aliphatic carbocycles. The first-order valence-electron chi connectivity index (χ1n) is 7.47. The van der Waals surface area contributed by atoms with Gasteiger partial charge in [0.25, 0.3) is 0 Å². The third kappa shape index (κ3) is 5.53. The third-order valence-corrected chi connectivity index (χ3v) is 3.47. The Labute approximate surface area is 134 Å². The molecule has 4 amide bonds. The summed E-state index contributed by atoms with van der Waals surface area (Å²) >= 11 is 0. The molecule has 0 saturated heterocycles. The minimum absolute atomic E-state index is 0.0900. The predicted octanol–water partition coefficient (Wildman–Crippen LogP) is -1.89. The molecule has 9 heteroatoms. The molecule has 23 heavy (non-hydrogen) atoms. The van der Waals surface area contributed by atoms with E-state index in [1.807, 2.05) is 6.92 Å². The Morgan fingerprint density at radius 2 is 2.04 bits per heavy atom. The number of aliphatic hydroxyl groups is 2. The standard InChI is InChI=1S/C14H24N4O5/c1-3-4-16-14(23)18-9-5-8(6-10(19)11(9)20)13(22)17-7(2)12(15)21/h5,7,9-11,19-20H,3-4,6H2,1-2H3,(H2,15,21)(H,17,22)(H2,16,18,23)/t7-,9-,10-,11-/m1/s1. The van der Waals surface area contributed by atoms with Gasteiger partial charge in [0.2, 0.25) is 11.8 Å². The summed E-state index contributed by atoms with van der Waals surface area (Å²) in [5.41, 5.74) is 5.24. The first-order chi connectivity index (χ1) is 10.8. The Morgan fingerprint density at radius 3 is 2.61 bits per heavy atom. The van der Waals surface area contributed by atoms with E-state index in [4.69, 9.17) is 5.73 Å². The minimum Gasteiger partial charge on any atom is -0.390 e. The van der Waals surface area contributed by atoms with Gasteiger partial charge in [-0.05, 0) is 13.3 Å². The maximum atomic E-state index is 12.1. The van der Waals surface area contributed by atoms with Crippen molar-refractivity contribution in [2.45, 2.75) is 51.0 Å². The number of hydrogen-bond donors (Lipinski definition) is 6.